The first kappa shape index (κ1) is 16.0. The highest BCUT2D eigenvalue weighted by Crippen LogP contribution is 2.45. The zero-order valence-corrected chi connectivity index (χ0v) is 15.3. The monoisotopic (exact) mass is 364 g/mol. The summed E-state index contributed by atoms with van der Waals surface area (Å²) < 4.78 is 6.09. The van der Waals surface area contributed by atoms with Crippen LogP contribution >= 0.6 is 11.6 Å². The van der Waals surface area contributed by atoms with Crippen LogP contribution in [0.25, 0.3) is 10.9 Å². The van der Waals surface area contributed by atoms with E-state index in [1.165, 1.54) is 37.7 Å². The molecule has 3 nitrogen and oxygen atoms in total. The zero-order chi connectivity index (χ0) is 17.5. The average Bonchev–Trinajstić information content (AvgIpc) is 3.45. The van der Waals surface area contributed by atoms with E-state index in [2.05, 4.69) is 29.6 Å². The van der Waals surface area contributed by atoms with Gasteiger partial charge in [0.1, 0.15) is 11.6 Å². The van der Waals surface area contributed by atoms with Gasteiger partial charge in [-0.2, -0.15) is 0 Å². The third-order valence-corrected chi connectivity index (χ3v) is 5.63. The minimum atomic E-state index is 0.408. The van der Waals surface area contributed by atoms with E-state index in [0.29, 0.717) is 17.0 Å². The fourth-order valence-corrected chi connectivity index (χ4v) is 3.68. The van der Waals surface area contributed by atoms with Gasteiger partial charge in [-0.3, -0.25) is 0 Å². The van der Waals surface area contributed by atoms with Crippen molar-refractivity contribution in [3.63, 3.8) is 0 Å². The van der Waals surface area contributed by atoms with Crippen molar-refractivity contribution >= 4 is 34.0 Å². The number of ether oxygens (including phenoxy) is 1. The summed E-state index contributed by atoms with van der Waals surface area (Å²) in [6.45, 7) is 0. The number of para-hydroxylation sites is 1. The van der Waals surface area contributed by atoms with Crippen LogP contribution < -0.4 is 10.1 Å². The molecule has 0 saturated heterocycles. The van der Waals surface area contributed by atoms with Gasteiger partial charge in [0.15, 0.2) is 0 Å². The number of nitrogens with one attached hydrogen (secondary N) is 1. The quantitative estimate of drug-likeness (QED) is 0.565. The van der Waals surface area contributed by atoms with Crippen LogP contribution in [-0.2, 0) is 0 Å². The number of hydrogen-bond acceptors (Lipinski definition) is 3. The van der Waals surface area contributed by atoms with Crippen LogP contribution in [0.15, 0.2) is 48.5 Å². The summed E-state index contributed by atoms with van der Waals surface area (Å²) in [5.74, 6) is 2.45. The van der Waals surface area contributed by atoms with Gasteiger partial charge in [-0.15, -0.1) is 0 Å². The van der Waals surface area contributed by atoms with E-state index in [1.54, 1.807) is 0 Å². The van der Waals surface area contributed by atoms with Crippen molar-refractivity contribution < 1.29 is 4.74 Å². The average molecular weight is 365 g/mol. The second-order valence-electron chi connectivity index (χ2n) is 7.33. The summed E-state index contributed by atoms with van der Waals surface area (Å²) in [5, 5.41) is 5.23. The highest BCUT2D eigenvalue weighted by atomic mass is 35.5. The standard InChI is InChI=1S/C22H21ClN2O/c23-19-6-1-3-15-9-12-21(25-22(15)19)24-20-11-10-17(26-16-4-2-5-16)13-18(20)14-7-8-14/h1,3,6,9-14,16H,2,4-5,7-8H2,(H,24,25). The van der Waals surface area contributed by atoms with Gasteiger partial charge in [-0.25, -0.2) is 4.98 Å². The molecular formula is C22H21ClN2O. The molecule has 2 saturated carbocycles. The van der Waals surface area contributed by atoms with Gasteiger partial charge in [-0.1, -0.05) is 23.7 Å². The number of fused-ring (bicyclic) bond motifs is 1. The Balaban J connectivity index is 1.45. The lowest BCUT2D eigenvalue weighted by Gasteiger charge is -2.27. The molecule has 4 heteroatoms. The van der Waals surface area contributed by atoms with E-state index in [4.69, 9.17) is 21.3 Å². The number of halogens is 1. The summed E-state index contributed by atoms with van der Waals surface area (Å²) in [7, 11) is 0. The zero-order valence-electron chi connectivity index (χ0n) is 14.5. The van der Waals surface area contributed by atoms with Gasteiger partial charge in [-0.05, 0) is 80.0 Å². The summed E-state index contributed by atoms with van der Waals surface area (Å²) >= 11 is 6.31. The third-order valence-electron chi connectivity index (χ3n) is 5.33. The maximum Gasteiger partial charge on any atom is 0.131 e. The first-order valence-electron chi connectivity index (χ1n) is 9.39. The van der Waals surface area contributed by atoms with Gasteiger partial charge in [0.25, 0.3) is 0 Å². The Morgan fingerprint density at radius 3 is 2.65 bits per heavy atom. The van der Waals surface area contributed by atoms with Crippen LogP contribution in [0.3, 0.4) is 0 Å². The Bertz CT molecular complexity index is 964. The van der Waals surface area contributed by atoms with Gasteiger partial charge >= 0.3 is 0 Å². The smallest absolute Gasteiger partial charge is 0.131 e. The first-order chi connectivity index (χ1) is 12.8. The number of pyridine rings is 1. The van der Waals surface area contributed by atoms with Crippen LogP contribution in [0, 0.1) is 0 Å². The molecule has 2 aliphatic carbocycles. The molecule has 5 rings (SSSR count). The van der Waals surface area contributed by atoms with Crippen molar-refractivity contribution in [3.8, 4) is 5.75 Å². The summed E-state index contributed by atoms with van der Waals surface area (Å²) in [4.78, 5) is 4.71. The lowest BCUT2D eigenvalue weighted by molar-refractivity contribution is 0.120. The number of benzene rings is 2. The Morgan fingerprint density at radius 1 is 1.00 bits per heavy atom. The van der Waals surface area contributed by atoms with E-state index >= 15 is 0 Å². The number of hydrogen-bond donors (Lipinski definition) is 1. The highest BCUT2D eigenvalue weighted by molar-refractivity contribution is 6.35. The fourth-order valence-electron chi connectivity index (χ4n) is 3.46. The Kier molecular flexibility index (Phi) is 3.97. The normalized spacial score (nSPS) is 17.1. The summed E-state index contributed by atoms with van der Waals surface area (Å²) in [6, 6.07) is 16.3. The van der Waals surface area contributed by atoms with Crippen molar-refractivity contribution in [2.45, 2.75) is 44.1 Å². The highest BCUT2D eigenvalue weighted by Gasteiger charge is 2.27. The van der Waals surface area contributed by atoms with Crippen molar-refractivity contribution in [2.24, 2.45) is 0 Å². The maximum atomic E-state index is 6.31. The fraction of sp³-hybridized carbons (Fsp3) is 0.318. The molecule has 2 fully saturated rings. The van der Waals surface area contributed by atoms with Crippen molar-refractivity contribution in [1.82, 2.24) is 4.98 Å². The second kappa shape index (κ2) is 6.48. The van der Waals surface area contributed by atoms with Gasteiger partial charge < -0.3 is 10.1 Å². The minimum absolute atomic E-state index is 0.408. The number of aromatic nitrogens is 1. The van der Waals surface area contributed by atoms with Gasteiger partial charge in [0.2, 0.25) is 0 Å². The molecule has 3 aromatic rings. The maximum absolute atomic E-state index is 6.31. The second-order valence-corrected chi connectivity index (χ2v) is 7.73. The molecular weight excluding hydrogens is 344 g/mol. The lowest BCUT2D eigenvalue weighted by Crippen LogP contribution is -2.24. The molecule has 0 spiro atoms. The van der Waals surface area contributed by atoms with E-state index in [9.17, 15) is 0 Å². The SMILES string of the molecule is Clc1cccc2ccc(Nc3ccc(OC4CCC4)cc3C3CC3)nc12. The van der Waals surface area contributed by atoms with Crippen LogP contribution in [-0.4, -0.2) is 11.1 Å². The molecule has 0 aliphatic heterocycles. The molecule has 132 valence electrons. The number of rotatable bonds is 5. The van der Waals surface area contributed by atoms with Crippen molar-refractivity contribution in [3.05, 3.63) is 59.1 Å². The van der Waals surface area contributed by atoms with Crippen LogP contribution in [0.2, 0.25) is 5.02 Å². The molecule has 0 unspecified atom stereocenters. The summed E-state index contributed by atoms with van der Waals surface area (Å²) in [6.07, 6.45) is 6.55. The van der Waals surface area contributed by atoms with Gasteiger partial charge in [0, 0.05) is 11.1 Å². The Hall–Kier alpha value is -2.26. The molecule has 1 aromatic heterocycles. The molecule has 0 radical (unpaired) electrons. The summed E-state index contributed by atoms with van der Waals surface area (Å²) in [5.41, 5.74) is 3.28. The predicted octanol–water partition coefficient (Wildman–Crippen LogP) is 6.44. The van der Waals surface area contributed by atoms with Crippen LogP contribution in [0.1, 0.15) is 43.6 Å². The van der Waals surface area contributed by atoms with E-state index in [1.807, 2.05) is 24.3 Å². The molecule has 26 heavy (non-hydrogen) atoms. The van der Waals surface area contributed by atoms with Crippen molar-refractivity contribution in [1.29, 1.82) is 0 Å². The number of anilines is 2. The van der Waals surface area contributed by atoms with E-state index in [0.717, 1.165) is 28.2 Å². The number of nitrogens with zero attached hydrogens (tertiary/aromatic N) is 1. The minimum Gasteiger partial charge on any atom is -0.490 e. The van der Waals surface area contributed by atoms with Crippen LogP contribution in [0.5, 0.6) is 5.75 Å². The van der Waals surface area contributed by atoms with Gasteiger partial charge in [0.05, 0.1) is 16.6 Å². The predicted molar refractivity (Wildman–Crippen MR) is 107 cm³/mol. The topological polar surface area (TPSA) is 34.1 Å². The largest absolute Gasteiger partial charge is 0.490 e. The molecule has 2 aromatic carbocycles. The molecule has 1 N–H and O–H groups in total. The lowest BCUT2D eigenvalue weighted by atomic mass is 9.96. The molecule has 0 amide bonds. The van der Waals surface area contributed by atoms with E-state index in [-0.39, 0.29) is 0 Å². The Labute approximate surface area is 158 Å². The first-order valence-corrected chi connectivity index (χ1v) is 9.77. The van der Waals surface area contributed by atoms with Crippen molar-refractivity contribution in [2.75, 3.05) is 5.32 Å². The molecule has 1 heterocycles. The van der Waals surface area contributed by atoms with Crippen LogP contribution in [0.4, 0.5) is 11.5 Å². The Morgan fingerprint density at radius 2 is 1.88 bits per heavy atom. The molecule has 0 atom stereocenters. The third kappa shape index (κ3) is 3.12. The molecule has 2 aliphatic rings. The molecule has 0 bridgehead atoms. The van der Waals surface area contributed by atoms with E-state index < -0.39 is 0 Å².